The Balaban J connectivity index is 2.02. The summed E-state index contributed by atoms with van der Waals surface area (Å²) in [7, 11) is 0. The van der Waals surface area contributed by atoms with Crippen molar-refractivity contribution in [2.75, 3.05) is 5.73 Å². The normalized spacial score (nSPS) is 10.2. The first-order valence-corrected chi connectivity index (χ1v) is 5.91. The Hall–Kier alpha value is -1.88. The molecule has 1 amide bonds. The number of amides is 1. The van der Waals surface area contributed by atoms with E-state index in [9.17, 15) is 9.18 Å². The number of nitrogen functional groups attached to an aromatic ring is 1. The molecule has 0 fully saturated rings. The summed E-state index contributed by atoms with van der Waals surface area (Å²) in [5, 5.41) is 4.38. The minimum Gasteiger partial charge on any atom is -0.397 e. The highest BCUT2D eigenvalue weighted by atomic mass is 32.1. The number of hydrogen-bond donors (Lipinski definition) is 2. The average molecular weight is 250 g/mol. The maximum atomic E-state index is 13.3. The molecule has 0 aliphatic carbocycles. The number of hydrogen-bond acceptors (Lipinski definition) is 3. The van der Waals surface area contributed by atoms with Gasteiger partial charge in [-0.2, -0.15) is 0 Å². The van der Waals surface area contributed by atoms with E-state index in [0.29, 0.717) is 16.1 Å². The van der Waals surface area contributed by atoms with Gasteiger partial charge in [-0.05, 0) is 17.5 Å². The van der Waals surface area contributed by atoms with Gasteiger partial charge >= 0.3 is 0 Å². The molecule has 88 valence electrons. The van der Waals surface area contributed by atoms with Crippen LogP contribution in [0.25, 0.3) is 0 Å². The minimum atomic E-state index is -0.327. The quantitative estimate of drug-likeness (QED) is 0.878. The van der Waals surface area contributed by atoms with E-state index < -0.39 is 0 Å². The van der Waals surface area contributed by atoms with Crippen molar-refractivity contribution >= 4 is 22.9 Å². The summed E-state index contributed by atoms with van der Waals surface area (Å²) in [4.78, 5) is 12.2. The van der Waals surface area contributed by atoms with E-state index in [4.69, 9.17) is 5.73 Å². The van der Waals surface area contributed by atoms with Crippen molar-refractivity contribution in [2.24, 2.45) is 0 Å². The predicted molar refractivity (Wildman–Crippen MR) is 66.3 cm³/mol. The van der Waals surface area contributed by atoms with Crippen molar-refractivity contribution in [1.82, 2.24) is 5.32 Å². The van der Waals surface area contributed by atoms with E-state index in [-0.39, 0.29) is 18.3 Å². The van der Waals surface area contributed by atoms with Gasteiger partial charge in [-0.3, -0.25) is 4.79 Å². The molecule has 0 saturated heterocycles. The zero-order valence-corrected chi connectivity index (χ0v) is 9.76. The largest absolute Gasteiger partial charge is 0.397 e. The molecule has 0 aliphatic rings. The van der Waals surface area contributed by atoms with Crippen molar-refractivity contribution < 1.29 is 9.18 Å². The molecule has 0 atom stereocenters. The Morgan fingerprint density at radius 2 is 2.12 bits per heavy atom. The highest BCUT2D eigenvalue weighted by Gasteiger charge is 2.11. The van der Waals surface area contributed by atoms with Crippen LogP contribution in [0.4, 0.5) is 10.1 Å². The lowest BCUT2D eigenvalue weighted by Gasteiger charge is -2.05. The third-order valence-corrected chi connectivity index (χ3v) is 3.23. The van der Waals surface area contributed by atoms with E-state index >= 15 is 0 Å². The Kier molecular flexibility index (Phi) is 3.39. The summed E-state index contributed by atoms with van der Waals surface area (Å²) in [6, 6.07) is 8.00. The highest BCUT2D eigenvalue weighted by Crippen LogP contribution is 2.18. The smallest absolute Gasteiger partial charge is 0.263 e. The van der Waals surface area contributed by atoms with Gasteiger partial charge in [-0.15, -0.1) is 11.3 Å². The summed E-state index contributed by atoms with van der Waals surface area (Å²) < 4.78 is 13.3. The number of anilines is 1. The van der Waals surface area contributed by atoms with Crippen LogP contribution in [0.15, 0.2) is 35.7 Å². The molecule has 1 aromatic heterocycles. The molecule has 3 N–H and O–H groups in total. The number of carbonyl (C=O) groups excluding carboxylic acids is 1. The molecule has 0 radical (unpaired) electrons. The lowest BCUT2D eigenvalue weighted by Crippen LogP contribution is -2.23. The maximum absolute atomic E-state index is 13.3. The maximum Gasteiger partial charge on any atom is 0.263 e. The van der Waals surface area contributed by atoms with Gasteiger partial charge in [0.1, 0.15) is 10.7 Å². The van der Waals surface area contributed by atoms with Crippen molar-refractivity contribution in [3.8, 4) is 0 Å². The molecule has 2 rings (SSSR count). The fourth-order valence-corrected chi connectivity index (χ4v) is 2.14. The topological polar surface area (TPSA) is 55.1 Å². The third-order valence-electron chi connectivity index (χ3n) is 2.30. The fraction of sp³-hybridized carbons (Fsp3) is 0.0833. The molecule has 0 saturated carbocycles. The van der Waals surface area contributed by atoms with Crippen molar-refractivity contribution in [1.29, 1.82) is 0 Å². The summed E-state index contributed by atoms with van der Waals surface area (Å²) >= 11 is 1.27. The summed E-state index contributed by atoms with van der Waals surface area (Å²) in [6.45, 7) is 0.156. The molecule has 0 bridgehead atoms. The van der Waals surface area contributed by atoms with E-state index in [0.717, 1.165) is 0 Å². The molecule has 0 aliphatic heterocycles. The van der Waals surface area contributed by atoms with Gasteiger partial charge in [0.05, 0.1) is 5.69 Å². The molecular formula is C12H11FN2OS. The van der Waals surface area contributed by atoms with E-state index in [1.807, 2.05) is 0 Å². The number of nitrogens with one attached hydrogen (secondary N) is 1. The van der Waals surface area contributed by atoms with Crippen LogP contribution in [-0.2, 0) is 6.54 Å². The van der Waals surface area contributed by atoms with E-state index in [1.165, 1.54) is 17.4 Å². The zero-order valence-electron chi connectivity index (χ0n) is 8.94. The summed E-state index contributed by atoms with van der Waals surface area (Å²) in [6.07, 6.45) is 0. The molecule has 0 spiro atoms. The SMILES string of the molecule is Nc1ccsc1C(=O)NCc1ccccc1F. The third kappa shape index (κ3) is 2.62. The highest BCUT2D eigenvalue weighted by molar-refractivity contribution is 7.12. The molecule has 17 heavy (non-hydrogen) atoms. The Labute approximate surface area is 102 Å². The second-order valence-corrected chi connectivity index (χ2v) is 4.40. The number of benzene rings is 1. The lowest BCUT2D eigenvalue weighted by atomic mass is 10.2. The number of carbonyl (C=O) groups is 1. The Morgan fingerprint density at radius 3 is 2.76 bits per heavy atom. The predicted octanol–water partition coefficient (Wildman–Crippen LogP) is 2.40. The van der Waals surface area contributed by atoms with Crippen LogP contribution >= 0.6 is 11.3 Å². The van der Waals surface area contributed by atoms with E-state index in [1.54, 1.807) is 29.6 Å². The Morgan fingerprint density at radius 1 is 1.35 bits per heavy atom. The van der Waals surface area contributed by atoms with Crippen molar-refractivity contribution in [2.45, 2.75) is 6.54 Å². The molecule has 1 aromatic carbocycles. The number of halogens is 1. The molecule has 5 heteroatoms. The monoisotopic (exact) mass is 250 g/mol. The van der Waals surface area contributed by atoms with E-state index in [2.05, 4.69) is 5.32 Å². The average Bonchev–Trinajstić information content (AvgIpc) is 2.74. The van der Waals surface area contributed by atoms with Crippen LogP contribution in [-0.4, -0.2) is 5.91 Å². The molecule has 2 aromatic rings. The Bertz CT molecular complexity index is 539. The second-order valence-electron chi connectivity index (χ2n) is 3.48. The van der Waals surface area contributed by atoms with Gasteiger partial charge in [0.15, 0.2) is 0 Å². The van der Waals surface area contributed by atoms with Gasteiger partial charge < -0.3 is 11.1 Å². The van der Waals surface area contributed by atoms with Gasteiger partial charge in [0, 0.05) is 12.1 Å². The van der Waals surface area contributed by atoms with Crippen LogP contribution in [0.5, 0.6) is 0 Å². The first-order chi connectivity index (χ1) is 8.18. The van der Waals surface area contributed by atoms with Gasteiger partial charge in [0.2, 0.25) is 0 Å². The zero-order chi connectivity index (χ0) is 12.3. The first-order valence-electron chi connectivity index (χ1n) is 5.03. The fourth-order valence-electron chi connectivity index (χ4n) is 1.40. The van der Waals surface area contributed by atoms with Crippen molar-refractivity contribution in [3.63, 3.8) is 0 Å². The van der Waals surface area contributed by atoms with Gasteiger partial charge in [-0.25, -0.2) is 4.39 Å². The lowest BCUT2D eigenvalue weighted by molar-refractivity contribution is 0.0955. The van der Waals surface area contributed by atoms with Gasteiger partial charge in [-0.1, -0.05) is 18.2 Å². The van der Waals surface area contributed by atoms with Crippen LogP contribution in [0.1, 0.15) is 15.2 Å². The second kappa shape index (κ2) is 4.97. The molecule has 1 heterocycles. The first kappa shape index (κ1) is 11.6. The summed E-state index contributed by atoms with van der Waals surface area (Å²) in [5.41, 5.74) is 6.52. The summed E-state index contributed by atoms with van der Waals surface area (Å²) in [5.74, 6) is -0.604. The van der Waals surface area contributed by atoms with Crippen molar-refractivity contribution in [3.05, 3.63) is 52.0 Å². The minimum absolute atomic E-state index is 0.156. The van der Waals surface area contributed by atoms with Gasteiger partial charge in [0.25, 0.3) is 5.91 Å². The number of thiophene rings is 1. The van der Waals surface area contributed by atoms with Crippen LogP contribution in [0.2, 0.25) is 0 Å². The molecule has 3 nitrogen and oxygen atoms in total. The van der Waals surface area contributed by atoms with Crippen LogP contribution < -0.4 is 11.1 Å². The molecular weight excluding hydrogens is 239 g/mol. The number of nitrogens with two attached hydrogens (primary N) is 1. The van der Waals surface area contributed by atoms with Crippen LogP contribution in [0, 0.1) is 5.82 Å². The standard InChI is InChI=1S/C12H11FN2OS/c13-9-4-2-1-3-8(9)7-15-12(16)11-10(14)5-6-17-11/h1-6H,7,14H2,(H,15,16). The number of rotatable bonds is 3. The van der Waals surface area contributed by atoms with Crippen LogP contribution in [0.3, 0.4) is 0 Å². The molecule has 0 unspecified atom stereocenters.